The molecule has 3 rings (SSSR count). The second kappa shape index (κ2) is 7.57. The lowest BCUT2D eigenvalue weighted by molar-refractivity contribution is -0.124. The average molecular weight is 343 g/mol. The first-order chi connectivity index (χ1) is 11.6. The quantitative estimate of drug-likeness (QED) is 0.842. The maximum absolute atomic E-state index is 12.2. The largest absolute Gasteiger partial charge is 0.369 e. The van der Waals surface area contributed by atoms with Crippen LogP contribution >= 0.6 is 11.3 Å². The highest BCUT2D eigenvalue weighted by atomic mass is 32.1. The zero-order chi connectivity index (χ0) is 16.9. The van der Waals surface area contributed by atoms with Gasteiger partial charge in [0.05, 0.1) is 23.0 Å². The number of benzene rings is 1. The van der Waals surface area contributed by atoms with Gasteiger partial charge in [0.1, 0.15) is 0 Å². The topological polar surface area (TPSA) is 85.1 Å². The van der Waals surface area contributed by atoms with E-state index in [4.69, 9.17) is 5.73 Å². The van der Waals surface area contributed by atoms with Crippen molar-refractivity contribution >= 4 is 23.2 Å². The first kappa shape index (κ1) is 16.6. The number of amides is 2. The standard InChI is InChI=1S/C18H21N3O2S/c19-18(23)14-7-4-8-15(14)21-16(22)10-13-11-24-17(20-13)9-12-5-2-1-3-6-12/h1-3,5-6,11,14-15H,4,7-10H2,(H2,19,23)(H,21,22)/t14-,15+/m0/s1. The summed E-state index contributed by atoms with van der Waals surface area (Å²) in [7, 11) is 0. The lowest BCUT2D eigenvalue weighted by Gasteiger charge is -2.17. The molecule has 5 nitrogen and oxygen atoms in total. The number of hydrogen-bond acceptors (Lipinski definition) is 4. The number of carbonyl (C=O) groups excluding carboxylic acids is 2. The van der Waals surface area contributed by atoms with Crippen molar-refractivity contribution in [3.63, 3.8) is 0 Å². The molecule has 1 heterocycles. The van der Waals surface area contributed by atoms with Gasteiger partial charge in [0.15, 0.2) is 0 Å². The van der Waals surface area contributed by atoms with Crippen molar-refractivity contribution in [2.75, 3.05) is 0 Å². The predicted octanol–water partition coefficient (Wildman–Crippen LogP) is 2.05. The number of hydrogen-bond donors (Lipinski definition) is 2. The molecule has 1 aliphatic rings. The van der Waals surface area contributed by atoms with Crippen LogP contribution in [-0.4, -0.2) is 22.8 Å². The first-order valence-electron chi connectivity index (χ1n) is 8.17. The Morgan fingerprint density at radius 1 is 1.25 bits per heavy atom. The SMILES string of the molecule is NC(=O)[C@H]1CCC[C@H]1NC(=O)Cc1csc(Cc2ccccc2)n1. The Morgan fingerprint density at radius 2 is 2.04 bits per heavy atom. The van der Waals surface area contributed by atoms with E-state index < -0.39 is 0 Å². The lowest BCUT2D eigenvalue weighted by Crippen LogP contribution is -2.42. The van der Waals surface area contributed by atoms with E-state index in [1.807, 2.05) is 23.6 Å². The third-order valence-electron chi connectivity index (χ3n) is 4.37. The van der Waals surface area contributed by atoms with Crippen molar-refractivity contribution in [1.82, 2.24) is 10.3 Å². The highest BCUT2D eigenvalue weighted by molar-refractivity contribution is 7.09. The van der Waals surface area contributed by atoms with E-state index in [1.165, 1.54) is 5.56 Å². The van der Waals surface area contributed by atoms with Gasteiger partial charge in [0.25, 0.3) is 0 Å². The summed E-state index contributed by atoms with van der Waals surface area (Å²) in [5.74, 6) is -0.653. The van der Waals surface area contributed by atoms with Crippen molar-refractivity contribution in [3.05, 3.63) is 52.0 Å². The molecule has 2 atom stereocenters. The van der Waals surface area contributed by atoms with Crippen molar-refractivity contribution in [2.45, 2.75) is 38.1 Å². The van der Waals surface area contributed by atoms with E-state index in [0.717, 1.165) is 36.4 Å². The van der Waals surface area contributed by atoms with E-state index in [-0.39, 0.29) is 30.2 Å². The summed E-state index contributed by atoms with van der Waals surface area (Å²) in [5, 5.41) is 5.87. The van der Waals surface area contributed by atoms with E-state index in [9.17, 15) is 9.59 Å². The molecule has 1 aromatic heterocycles. The molecule has 1 aromatic carbocycles. The molecule has 0 radical (unpaired) electrons. The molecule has 1 fully saturated rings. The zero-order valence-electron chi connectivity index (χ0n) is 13.4. The second-order valence-electron chi connectivity index (χ2n) is 6.19. The van der Waals surface area contributed by atoms with E-state index in [2.05, 4.69) is 22.4 Å². The van der Waals surface area contributed by atoms with Gasteiger partial charge in [0, 0.05) is 17.8 Å². The fourth-order valence-electron chi connectivity index (χ4n) is 3.18. The van der Waals surface area contributed by atoms with Crippen LogP contribution in [0.1, 0.15) is 35.5 Å². The molecular formula is C18H21N3O2S. The molecular weight excluding hydrogens is 322 g/mol. The Kier molecular flexibility index (Phi) is 5.25. The molecule has 3 N–H and O–H groups in total. The summed E-state index contributed by atoms with van der Waals surface area (Å²) in [6.45, 7) is 0. The Balaban J connectivity index is 1.54. The lowest BCUT2D eigenvalue weighted by atomic mass is 10.0. The molecule has 0 spiro atoms. The Labute approximate surface area is 145 Å². The van der Waals surface area contributed by atoms with Crippen molar-refractivity contribution in [2.24, 2.45) is 11.7 Å². The average Bonchev–Trinajstić information content (AvgIpc) is 3.18. The van der Waals surface area contributed by atoms with Gasteiger partial charge in [-0.2, -0.15) is 0 Å². The van der Waals surface area contributed by atoms with Crippen molar-refractivity contribution in [3.8, 4) is 0 Å². The summed E-state index contributed by atoms with van der Waals surface area (Å²) < 4.78 is 0. The highest BCUT2D eigenvalue weighted by Crippen LogP contribution is 2.25. The summed E-state index contributed by atoms with van der Waals surface area (Å²) in [4.78, 5) is 28.1. The van der Waals surface area contributed by atoms with E-state index >= 15 is 0 Å². The number of thiazole rings is 1. The number of carbonyl (C=O) groups is 2. The smallest absolute Gasteiger partial charge is 0.226 e. The predicted molar refractivity (Wildman–Crippen MR) is 93.5 cm³/mol. The minimum Gasteiger partial charge on any atom is -0.369 e. The Bertz CT molecular complexity index is 714. The summed E-state index contributed by atoms with van der Waals surface area (Å²) >= 11 is 1.57. The molecule has 0 saturated heterocycles. The minimum absolute atomic E-state index is 0.0929. The van der Waals surface area contributed by atoms with Gasteiger partial charge in [-0.05, 0) is 18.4 Å². The van der Waals surface area contributed by atoms with Gasteiger partial charge >= 0.3 is 0 Å². The number of nitrogens with one attached hydrogen (secondary N) is 1. The molecule has 0 unspecified atom stereocenters. The van der Waals surface area contributed by atoms with Crippen LogP contribution < -0.4 is 11.1 Å². The van der Waals surface area contributed by atoms with Gasteiger partial charge in [-0.1, -0.05) is 36.8 Å². The molecule has 24 heavy (non-hydrogen) atoms. The fraction of sp³-hybridized carbons (Fsp3) is 0.389. The van der Waals surface area contributed by atoms with Crippen LogP contribution in [0.15, 0.2) is 35.7 Å². The number of nitrogens with two attached hydrogens (primary N) is 1. The molecule has 2 aromatic rings. The van der Waals surface area contributed by atoms with E-state index in [0.29, 0.717) is 0 Å². The van der Waals surface area contributed by atoms with Crippen LogP contribution in [0, 0.1) is 5.92 Å². The van der Waals surface area contributed by atoms with Crippen LogP contribution in [0.3, 0.4) is 0 Å². The molecule has 6 heteroatoms. The Hall–Kier alpha value is -2.21. The van der Waals surface area contributed by atoms with Crippen molar-refractivity contribution < 1.29 is 9.59 Å². The number of rotatable bonds is 6. The van der Waals surface area contributed by atoms with E-state index in [1.54, 1.807) is 11.3 Å². The van der Waals surface area contributed by atoms with Crippen LogP contribution in [0.2, 0.25) is 0 Å². The molecule has 2 amide bonds. The fourth-order valence-corrected chi connectivity index (χ4v) is 4.01. The molecule has 1 saturated carbocycles. The van der Waals surface area contributed by atoms with Crippen LogP contribution in [-0.2, 0) is 22.4 Å². The van der Waals surface area contributed by atoms with Crippen LogP contribution in [0.4, 0.5) is 0 Å². The van der Waals surface area contributed by atoms with Gasteiger partial charge in [0.2, 0.25) is 11.8 Å². The van der Waals surface area contributed by atoms with Crippen molar-refractivity contribution in [1.29, 1.82) is 0 Å². The second-order valence-corrected chi connectivity index (χ2v) is 7.13. The zero-order valence-corrected chi connectivity index (χ0v) is 14.2. The van der Waals surface area contributed by atoms with Gasteiger partial charge in [-0.3, -0.25) is 9.59 Å². The summed E-state index contributed by atoms with van der Waals surface area (Å²) in [5.41, 5.74) is 7.37. The number of nitrogens with zero attached hydrogens (tertiary/aromatic N) is 1. The first-order valence-corrected chi connectivity index (χ1v) is 9.05. The third-order valence-corrected chi connectivity index (χ3v) is 5.26. The molecule has 0 bridgehead atoms. The molecule has 0 aliphatic heterocycles. The summed E-state index contributed by atoms with van der Waals surface area (Å²) in [6, 6.07) is 10.0. The normalized spacial score (nSPS) is 20.0. The van der Waals surface area contributed by atoms with Crippen LogP contribution in [0.25, 0.3) is 0 Å². The maximum atomic E-state index is 12.2. The third kappa shape index (κ3) is 4.20. The van der Waals surface area contributed by atoms with Gasteiger partial charge < -0.3 is 11.1 Å². The molecule has 1 aliphatic carbocycles. The summed E-state index contributed by atoms with van der Waals surface area (Å²) in [6.07, 6.45) is 3.52. The maximum Gasteiger partial charge on any atom is 0.226 e. The Morgan fingerprint density at radius 3 is 2.79 bits per heavy atom. The van der Waals surface area contributed by atoms with Gasteiger partial charge in [-0.15, -0.1) is 11.3 Å². The minimum atomic E-state index is -0.323. The molecule has 126 valence electrons. The number of aromatic nitrogens is 1. The monoisotopic (exact) mass is 343 g/mol. The van der Waals surface area contributed by atoms with Crippen LogP contribution in [0.5, 0.6) is 0 Å². The number of primary amides is 1. The van der Waals surface area contributed by atoms with Gasteiger partial charge in [-0.25, -0.2) is 4.98 Å². The highest BCUT2D eigenvalue weighted by Gasteiger charge is 2.32.